The summed E-state index contributed by atoms with van der Waals surface area (Å²) < 4.78 is 5.32. The summed E-state index contributed by atoms with van der Waals surface area (Å²) in [5.74, 6) is 0.857. The molecule has 2 nitrogen and oxygen atoms in total. The second kappa shape index (κ2) is 5.51. The first-order valence-electron chi connectivity index (χ1n) is 5.73. The molecule has 2 N–H and O–H groups in total. The summed E-state index contributed by atoms with van der Waals surface area (Å²) in [7, 11) is 1.67. The van der Waals surface area contributed by atoms with E-state index in [1.807, 2.05) is 42.5 Å². The van der Waals surface area contributed by atoms with Gasteiger partial charge >= 0.3 is 0 Å². The molecule has 0 aliphatic rings. The second-order valence-corrected chi connectivity index (χ2v) is 4.04. The maximum absolute atomic E-state index is 6.22. The third-order valence-corrected chi connectivity index (χ3v) is 2.84. The summed E-state index contributed by atoms with van der Waals surface area (Å²) in [6.07, 6.45) is 0.821. The van der Waals surface area contributed by atoms with E-state index >= 15 is 0 Å². The third kappa shape index (κ3) is 2.86. The first-order chi connectivity index (χ1) is 8.31. The van der Waals surface area contributed by atoms with Crippen molar-refractivity contribution in [1.82, 2.24) is 0 Å². The fourth-order valence-electron chi connectivity index (χ4n) is 1.95. The molecule has 0 bridgehead atoms. The second-order valence-electron chi connectivity index (χ2n) is 4.04. The van der Waals surface area contributed by atoms with E-state index in [1.54, 1.807) is 7.11 Å². The van der Waals surface area contributed by atoms with Gasteiger partial charge < -0.3 is 10.5 Å². The molecule has 1 atom stereocenters. The Balaban J connectivity index is 2.17. The molecular formula is C15H17NO. The Kier molecular flexibility index (Phi) is 3.78. The van der Waals surface area contributed by atoms with E-state index in [-0.39, 0.29) is 6.04 Å². The van der Waals surface area contributed by atoms with E-state index < -0.39 is 0 Å². The molecule has 0 radical (unpaired) electrons. The van der Waals surface area contributed by atoms with Crippen LogP contribution >= 0.6 is 0 Å². The maximum atomic E-state index is 6.22. The van der Waals surface area contributed by atoms with Crippen LogP contribution in [0.1, 0.15) is 17.2 Å². The van der Waals surface area contributed by atoms with Gasteiger partial charge in [-0.3, -0.25) is 0 Å². The molecule has 0 spiro atoms. The van der Waals surface area contributed by atoms with Crippen LogP contribution in [0, 0.1) is 0 Å². The highest BCUT2D eigenvalue weighted by Crippen LogP contribution is 2.25. The minimum Gasteiger partial charge on any atom is -0.496 e. The van der Waals surface area contributed by atoms with Gasteiger partial charge in [0.15, 0.2) is 0 Å². The Morgan fingerprint density at radius 2 is 1.65 bits per heavy atom. The van der Waals surface area contributed by atoms with E-state index in [9.17, 15) is 0 Å². The third-order valence-electron chi connectivity index (χ3n) is 2.84. The van der Waals surface area contributed by atoms with Gasteiger partial charge in [-0.25, -0.2) is 0 Å². The fraction of sp³-hybridized carbons (Fsp3) is 0.200. The minimum atomic E-state index is -0.0338. The average Bonchev–Trinajstić information content (AvgIpc) is 2.40. The van der Waals surface area contributed by atoms with Crippen LogP contribution in [0.2, 0.25) is 0 Å². The average molecular weight is 227 g/mol. The van der Waals surface area contributed by atoms with Crippen LogP contribution in [0.3, 0.4) is 0 Å². The molecule has 2 aromatic carbocycles. The van der Waals surface area contributed by atoms with Crippen molar-refractivity contribution in [2.45, 2.75) is 12.5 Å². The highest BCUT2D eigenvalue weighted by Gasteiger charge is 2.11. The zero-order chi connectivity index (χ0) is 12.1. The predicted octanol–water partition coefficient (Wildman–Crippen LogP) is 2.94. The highest BCUT2D eigenvalue weighted by molar-refractivity contribution is 5.36. The maximum Gasteiger partial charge on any atom is 0.123 e. The molecule has 0 aliphatic heterocycles. The van der Waals surface area contributed by atoms with Crippen LogP contribution in [-0.4, -0.2) is 7.11 Å². The topological polar surface area (TPSA) is 35.2 Å². The lowest BCUT2D eigenvalue weighted by molar-refractivity contribution is 0.405. The summed E-state index contributed by atoms with van der Waals surface area (Å²) in [4.78, 5) is 0. The SMILES string of the molecule is COc1ccccc1[C@H](N)Cc1ccccc1. The van der Waals surface area contributed by atoms with Crippen molar-refractivity contribution >= 4 is 0 Å². The number of rotatable bonds is 4. The lowest BCUT2D eigenvalue weighted by Gasteiger charge is -2.15. The molecule has 88 valence electrons. The molecule has 2 aromatic rings. The van der Waals surface area contributed by atoms with Gasteiger partial charge in [0.25, 0.3) is 0 Å². The van der Waals surface area contributed by atoms with E-state index in [0.29, 0.717) is 0 Å². The standard InChI is InChI=1S/C15H17NO/c1-17-15-10-6-5-9-13(15)14(16)11-12-7-3-2-4-8-12/h2-10,14H,11,16H2,1H3/t14-/m1/s1. The molecule has 0 saturated carbocycles. The summed E-state index contributed by atoms with van der Waals surface area (Å²) >= 11 is 0. The van der Waals surface area contributed by atoms with Gasteiger partial charge in [0.05, 0.1) is 7.11 Å². The Morgan fingerprint density at radius 1 is 1.00 bits per heavy atom. The number of nitrogens with two attached hydrogens (primary N) is 1. The summed E-state index contributed by atoms with van der Waals surface area (Å²) in [6.45, 7) is 0. The molecule has 17 heavy (non-hydrogen) atoms. The lowest BCUT2D eigenvalue weighted by atomic mass is 9.99. The van der Waals surface area contributed by atoms with Gasteiger partial charge in [-0.2, -0.15) is 0 Å². The molecule has 0 unspecified atom stereocenters. The number of hydrogen-bond acceptors (Lipinski definition) is 2. The molecule has 0 heterocycles. The van der Waals surface area contributed by atoms with Crippen LogP contribution in [-0.2, 0) is 6.42 Å². The van der Waals surface area contributed by atoms with Gasteiger partial charge in [-0.1, -0.05) is 48.5 Å². The Labute approximate surface area is 102 Å². The smallest absolute Gasteiger partial charge is 0.123 e. The van der Waals surface area contributed by atoms with Crippen molar-refractivity contribution in [3.05, 3.63) is 65.7 Å². The summed E-state index contributed by atoms with van der Waals surface area (Å²) in [5.41, 5.74) is 8.52. The van der Waals surface area contributed by atoms with E-state index in [0.717, 1.165) is 17.7 Å². The van der Waals surface area contributed by atoms with Crippen molar-refractivity contribution < 1.29 is 4.74 Å². The van der Waals surface area contributed by atoms with Crippen molar-refractivity contribution in [2.24, 2.45) is 5.73 Å². The Bertz CT molecular complexity index is 467. The quantitative estimate of drug-likeness (QED) is 0.871. The summed E-state index contributed by atoms with van der Waals surface area (Å²) in [5, 5.41) is 0. The number of benzene rings is 2. The number of methoxy groups -OCH3 is 1. The van der Waals surface area contributed by atoms with Crippen LogP contribution in [0.5, 0.6) is 5.75 Å². The van der Waals surface area contributed by atoms with Gasteiger partial charge in [-0.05, 0) is 18.1 Å². The zero-order valence-corrected chi connectivity index (χ0v) is 9.97. The molecule has 0 aromatic heterocycles. The normalized spacial score (nSPS) is 12.1. The molecule has 0 saturated heterocycles. The largest absolute Gasteiger partial charge is 0.496 e. The van der Waals surface area contributed by atoms with E-state index in [4.69, 9.17) is 10.5 Å². The van der Waals surface area contributed by atoms with Gasteiger partial charge in [0, 0.05) is 11.6 Å². The Hall–Kier alpha value is -1.80. The molecule has 0 fully saturated rings. The van der Waals surface area contributed by atoms with Crippen molar-refractivity contribution in [1.29, 1.82) is 0 Å². The molecule has 2 rings (SSSR count). The van der Waals surface area contributed by atoms with Crippen LogP contribution < -0.4 is 10.5 Å². The molecule has 0 aliphatic carbocycles. The number of hydrogen-bond donors (Lipinski definition) is 1. The minimum absolute atomic E-state index is 0.0338. The van der Waals surface area contributed by atoms with E-state index in [2.05, 4.69) is 12.1 Å². The highest BCUT2D eigenvalue weighted by atomic mass is 16.5. The van der Waals surface area contributed by atoms with Crippen LogP contribution in [0.4, 0.5) is 0 Å². The van der Waals surface area contributed by atoms with Gasteiger partial charge in [0.1, 0.15) is 5.75 Å². The lowest BCUT2D eigenvalue weighted by Crippen LogP contribution is -2.14. The first-order valence-corrected chi connectivity index (χ1v) is 5.73. The van der Waals surface area contributed by atoms with Crippen LogP contribution in [0.25, 0.3) is 0 Å². The van der Waals surface area contributed by atoms with Crippen molar-refractivity contribution in [3.63, 3.8) is 0 Å². The fourth-order valence-corrected chi connectivity index (χ4v) is 1.95. The van der Waals surface area contributed by atoms with Gasteiger partial charge in [0.2, 0.25) is 0 Å². The monoisotopic (exact) mass is 227 g/mol. The molecule has 0 amide bonds. The Morgan fingerprint density at radius 3 is 2.35 bits per heavy atom. The zero-order valence-electron chi connectivity index (χ0n) is 9.97. The summed E-state index contributed by atoms with van der Waals surface area (Å²) in [6, 6.07) is 18.1. The first kappa shape index (κ1) is 11.7. The van der Waals surface area contributed by atoms with Crippen molar-refractivity contribution in [2.75, 3.05) is 7.11 Å². The predicted molar refractivity (Wildman–Crippen MR) is 70.1 cm³/mol. The van der Waals surface area contributed by atoms with Gasteiger partial charge in [-0.15, -0.1) is 0 Å². The molecular weight excluding hydrogens is 210 g/mol. The van der Waals surface area contributed by atoms with Crippen molar-refractivity contribution in [3.8, 4) is 5.75 Å². The van der Waals surface area contributed by atoms with Crippen LogP contribution in [0.15, 0.2) is 54.6 Å². The van der Waals surface area contributed by atoms with E-state index in [1.165, 1.54) is 5.56 Å². The molecule has 2 heteroatoms. The number of para-hydroxylation sites is 1. The number of ether oxygens (including phenoxy) is 1.